The molecule has 0 aliphatic heterocycles. The van der Waals surface area contributed by atoms with Crippen LogP contribution in [0.1, 0.15) is 11.1 Å². The van der Waals surface area contributed by atoms with Crippen molar-refractivity contribution in [3.8, 4) is 5.75 Å². The van der Waals surface area contributed by atoms with Crippen LogP contribution in [0.5, 0.6) is 5.75 Å². The predicted molar refractivity (Wildman–Crippen MR) is 90.9 cm³/mol. The topological polar surface area (TPSA) is 35.5 Å². The molecule has 0 aliphatic carbocycles. The smallest absolute Gasteiger partial charge is 0.330 e. The minimum atomic E-state index is -0.450. The fourth-order valence-corrected chi connectivity index (χ4v) is 2.77. The molecule has 6 heteroatoms. The summed E-state index contributed by atoms with van der Waals surface area (Å²) in [4.78, 5) is 11.1. The first kappa shape index (κ1) is 17.5. The van der Waals surface area contributed by atoms with Gasteiger partial charge in [0.15, 0.2) is 5.75 Å². The number of carbonyl (C=O) groups is 1. The Kier molecular flexibility index (Phi) is 6.19. The minimum Gasteiger partial charge on any atom is -0.486 e. The highest BCUT2D eigenvalue weighted by Gasteiger charge is 2.09. The Hall–Kier alpha value is -1.85. The number of benzene rings is 2. The third-order valence-corrected chi connectivity index (χ3v) is 3.80. The number of hydrogen-bond acceptors (Lipinski definition) is 3. The average molecular weight is 400 g/mol. The SMILES string of the molecule is COC(=O)/C=C/c1cc(Cl)c(OCc2ccc(F)cc2)c(Br)c1. The van der Waals surface area contributed by atoms with Crippen molar-refractivity contribution in [1.29, 1.82) is 0 Å². The zero-order chi connectivity index (χ0) is 16.8. The molecular weight excluding hydrogens is 387 g/mol. The molecule has 0 saturated carbocycles. The Balaban J connectivity index is 2.12. The number of ether oxygens (including phenoxy) is 2. The summed E-state index contributed by atoms with van der Waals surface area (Å²) < 4.78 is 23.7. The fraction of sp³-hybridized carbons (Fsp3) is 0.118. The van der Waals surface area contributed by atoms with E-state index in [0.717, 1.165) is 11.1 Å². The Morgan fingerprint density at radius 3 is 2.61 bits per heavy atom. The highest BCUT2D eigenvalue weighted by molar-refractivity contribution is 9.10. The zero-order valence-electron chi connectivity index (χ0n) is 12.2. The molecule has 0 amide bonds. The van der Waals surface area contributed by atoms with Crippen LogP contribution in [0.25, 0.3) is 6.08 Å². The maximum Gasteiger partial charge on any atom is 0.330 e. The van der Waals surface area contributed by atoms with Gasteiger partial charge in [0.25, 0.3) is 0 Å². The van der Waals surface area contributed by atoms with Crippen LogP contribution in [-0.4, -0.2) is 13.1 Å². The molecule has 3 nitrogen and oxygen atoms in total. The second kappa shape index (κ2) is 8.13. The van der Waals surface area contributed by atoms with Gasteiger partial charge in [-0.1, -0.05) is 23.7 Å². The van der Waals surface area contributed by atoms with Crippen LogP contribution in [-0.2, 0) is 16.1 Å². The molecule has 0 radical (unpaired) electrons. The Morgan fingerprint density at radius 1 is 1.30 bits per heavy atom. The molecule has 2 rings (SSSR count). The van der Waals surface area contributed by atoms with Crippen LogP contribution in [0, 0.1) is 5.82 Å². The van der Waals surface area contributed by atoms with Gasteiger partial charge in [-0.2, -0.15) is 0 Å². The molecular formula is C17H13BrClFO3. The molecule has 23 heavy (non-hydrogen) atoms. The highest BCUT2D eigenvalue weighted by Crippen LogP contribution is 2.35. The lowest BCUT2D eigenvalue weighted by Gasteiger charge is -2.11. The first-order chi connectivity index (χ1) is 11.0. The molecule has 2 aromatic carbocycles. The van der Waals surface area contributed by atoms with Crippen LogP contribution in [0.15, 0.2) is 46.9 Å². The summed E-state index contributed by atoms with van der Waals surface area (Å²) in [5.74, 6) is -0.269. The second-order valence-electron chi connectivity index (χ2n) is 4.59. The van der Waals surface area contributed by atoms with Gasteiger partial charge >= 0.3 is 5.97 Å². The summed E-state index contributed by atoms with van der Waals surface area (Å²) in [6, 6.07) is 9.47. The van der Waals surface area contributed by atoms with Crippen molar-refractivity contribution in [1.82, 2.24) is 0 Å². The van der Waals surface area contributed by atoms with Crippen LogP contribution in [0.4, 0.5) is 4.39 Å². The summed E-state index contributed by atoms with van der Waals surface area (Å²) in [5.41, 5.74) is 1.55. The van der Waals surface area contributed by atoms with Crippen molar-refractivity contribution in [3.63, 3.8) is 0 Å². The van der Waals surface area contributed by atoms with Crippen LogP contribution < -0.4 is 4.74 Å². The van der Waals surface area contributed by atoms with Gasteiger partial charge in [0.2, 0.25) is 0 Å². The molecule has 0 N–H and O–H groups in total. The zero-order valence-corrected chi connectivity index (χ0v) is 14.5. The first-order valence-electron chi connectivity index (χ1n) is 6.62. The van der Waals surface area contributed by atoms with Gasteiger partial charge < -0.3 is 9.47 Å². The Bertz CT molecular complexity index is 706. The van der Waals surface area contributed by atoms with E-state index in [1.807, 2.05) is 0 Å². The van der Waals surface area contributed by atoms with E-state index in [-0.39, 0.29) is 12.4 Å². The molecule has 0 saturated heterocycles. The van der Waals surface area contributed by atoms with Crippen molar-refractivity contribution in [2.45, 2.75) is 6.61 Å². The average Bonchev–Trinajstić information content (AvgIpc) is 2.53. The van der Waals surface area contributed by atoms with E-state index in [1.165, 1.54) is 25.3 Å². The number of halogens is 3. The number of hydrogen-bond donors (Lipinski definition) is 0. The van der Waals surface area contributed by atoms with E-state index >= 15 is 0 Å². The Morgan fingerprint density at radius 2 is 2.00 bits per heavy atom. The predicted octanol–water partition coefficient (Wildman–Crippen LogP) is 5.01. The third-order valence-electron chi connectivity index (χ3n) is 2.93. The van der Waals surface area contributed by atoms with E-state index in [2.05, 4.69) is 20.7 Å². The monoisotopic (exact) mass is 398 g/mol. The lowest BCUT2D eigenvalue weighted by atomic mass is 10.2. The lowest BCUT2D eigenvalue weighted by molar-refractivity contribution is -0.134. The van der Waals surface area contributed by atoms with E-state index in [9.17, 15) is 9.18 Å². The van der Waals surface area contributed by atoms with Gasteiger partial charge in [-0.05, 0) is 57.4 Å². The highest BCUT2D eigenvalue weighted by atomic mass is 79.9. The summed E-state index contributed by atoms with van der Waals surface area (Å²) in [6.45, 7) is 0.260. The minimum absolute atomic E-state index is 0.260. The molecule has 0 fully saturated rings. The van der Waals surface area contributed by atoms with E-state index in [4.69, 9.17) is 16.3 Å². The van der Waals surface area contributed by atoms with Crippen molar-refractivity contribution in [2.24, 2.45) is 0 Å². The van der Waals surface area contributed by atoms with Gasteiger partial charge in [0.1, 0.15) is 12.4 Å². The van der Waals surface area contributed by atoms with Crippen LogP contribution >= 0.6 is 27.5 Å². The maximum atomic E-state index is 12.9. The molecule has 0 spiro atoms. The molecule has 0 aliphatic rings. The molecule has 0 heterocycles. The van der Waals surface area contributed by atoms with Crippen molar-refractivity contribution in [3.05, 3.63) is 68.9 Å². The molecule has 0 unspecified atom stereocenters. The molecule has 0 atom stereocenters. The summed E-state index contributed by atoms with van der Waals surface area (Å²) in [5, 5.41) is 0.394. The summed E-state index contributed by atoms with van der Waals surface area (Å²) in [7, 11) is 1.31. The van der Waals surface area contributed by atoms with Gasteiger partial charge in [-0.3, -0.25) is 0 Å². The molecule has 120 valence electrons. The van der Waals surface area contributed by atoms with E-state index < -0.39 is 5.97 Å². The van der Waals surface area contributed by atoms with Crippen molar-refractivity contribution >= 4 is 39.6 Å². The van der Waals surface area contributed by atoms with Gasteiger partial charge in [0, 0.05) is 6.08 Å². The van der Waals surface area contributed by atoms with Gasteiger partial charge in [-0.15, -0.1) is 0 Å². The summed E-state index contributed by atoms with van der Waals surface area (Å²) >= 11 is 9.60. The van der Waals surface area contributed by atoms with Crippen LogP contribution in [0.2, 0.25) is 5.02 Å². The largest absolute Gasteiger partial charge is 0.486 e. The van der Waals surface area contributed by atoms with Gasteiger partial charge in [-0.25, -0.2) is 9.18 Å². The lowest BCUT2D eigenvalue weighted by Crippen LogP contribution is -1.97. The van der Waals surface area contributed by atoms with E-state index in [1.54, 1.807) is 30.3 Å². The molecule has 0 bridgehead atoms. The number of carbonyl (C=O) groups excluding carboxylic acids is 1. The molecule has 0 aromatic heterocycles. The van der Waals surface area contributed by atoms with Crippen molar-refractivity contribution < 1.29 is 18.7 Å². The first-order valence-corrected chi connectivity index (χ1v) is 7.79. The van der Waals surface area contributed by atoms with Crippen LogP contribution in [0.3, 0.4) is 0 Å². The number of esters is 1. The van der Waals surface area contributed by atoms with E-state index in [0.29, 0.717) is 15.2 Å². The normalized spacial score (nSPS) is 10.8. The quantitative estimate of drug-likeness (QED) is 0.524. The fourth-order valence-electron chi connectivity index (χ4n) is 1.78. The molecule has 2 aromatic rings. The Labute approximate surface area is 146 Å². The maximum absolute atomic E-state index is 12.9. The second-order valence-corrected chi connectivity index (χ2v) is 5.85. The van der Waals surface area contributed by atoms with Crippen molar-refractivity contribution in [2.75, 3.05) is 7.11 Å². The summed E-state index contributed by atoms with van der Waals surface area (Å²) in [6.07, 6.45) is 2.89. The number of rotatable bonds is 5. The third kappa shape index (κ3) is 5.08. The standard InChI is InChI=1S/C17H13BrClFO3/c1-22-16(21)7-4-12-8-14(18)17(15(19)9-12)23-10-11-2-5-13(20)6-3-11/h2-9H,10H2,1H3/b7-4+. The number of methoxy groups -OCH3 is 1. The van der Waals surface area contributed by atoms with Gasteiger partial charge in [0.05, 0.1) is 16.6 Å².